The average molecular weight is 296 g/mol. The maximum absolute atomic E-state index is 11.3. The van der Waals surface area contributed by atoms with Crippen molar-refractivity contribution in [1.82, 2.24) is 0 Å². The van der Waals surface area contributed by atoms with E-state index in [4.69, 9.17) is 0 Å². The minimum absolute atomic E-state index is 0.0685. The molecule has 1 nitrogen and oxygen atoms in total. The van der Waals surface area contributed by atoms with E-state index in [-0.39, 0.29) is 5.78 Å². The molecule has 0 aliphatic rings. The Morgan fingerprint density at radius 1 is 0.739 bits per heavy atom. The SMILES string of the molecule is CC(=O)c1ccc(C#Cc2ccccc2-c2ccccc2)cc1. The van der Waals surface area contributed by atoms with Gasteiger partial charge in [-0.15, -0.1) is 0 Å². The normalized spacial score (nSPS) is 9.78. The zero-order chi connectivity index (χ0) is 16.1. The van der Waals surface area contributed by atoms with Crippen LogP contribution in [0.5, 0.6) is 0 Å². The maximum atomic E-state index is 11.3. The lowest BCUT2D eigenvalue weighted by Gasteiger charge is -2.04. The third-order valence-corrected chi connectivity index (χ3v) is 3.64. The largest absolute Gasteiger partial charge is 0.295 e. The van der Waals surface area contributed by atoms with Crippen molar-refractivity contribution in [1.29, 1.82) is 0 Å². The second-order valence-corrected chi connectivity index (χ2v) is 5.30. The molecule has 0 radical (unpaired) electrons. The van der Waals surface area contributed by atoms with Crippen molar-refractivity contribution in [2.75, 3.05) is 0 Å². The predicted octanol–water partition coefficient (Wildman–Crippen LogP) is 4.96. The van der Waals surface area contributed by atoms with Crippen LogP contribution in [0.25, 0.3) is 11.1 Å². The van der Waals surface area contributed by atoms with Gasteiger partial charge in [0.2, 0.25) is 0 Å². The summed E-state index contributed by atoms with van der Waals surface area (Å²) in [5.74, 6) is 6.49. The van der Waals surface area contributed by atoms with Crippen LogP contribution in [0.4, 0.5) is 0 Å². The summed E-state index contributed by atoms with van der Waals surface area (Å²) in [6.45, 7) is 1.57. The Hall–Kier alpha value is -3.11. The standard InChI is InChI=1S/C22H16O/c1-17(23)19-14-11-18(12-15-19)13-16-21-9-5-6-10-22(21)20-7-3-2-4-8-20/h2-12,14-15H,1H3. The summed E-state index contributed by atoms with van der Waals surface area (Å²) in [5.41, 5.74) is 4.89. The molecule has 0 aliphatic heterocycles. The maximum Gasteiger partial charge on any atom is 0.159 e. The average Bonchev–Trinajstić information content (AvgIpc) is 2.61. The molecule has 0 saturated carbocycles. The van der Waals surface area contributed by atoms with E-state index in [1.807, 2.05) is 60.7 Å². The molecule has 0 heterocycles. The van der Waals surface area contributed by atoms with Gasteiger partial charge in [0.05, 0.1) is 0 Å². The molecule has 0 saturated heterocycles. The molecule has 1 heteroatoms. The fourth-order valence-electron chi connectivity index (χ4n) is 2.39. The highest BCUT2D eigenvalue weighted by molar-refractivity contribution is 5.94. The molecule has 0 aliphatic carbocycles. The molecule has 3 rings (SSSR count). The number of carbonyl (C=O) groups is 1. The molecule has 0 atom stereocenters. The Morgan fingerprint density at radius 2 is 1.39 bits per heavy atom. The Balaban J connectivity index is 1.94. The van der Waals surface area contributed by atoms with E-state index >= 15 is 0 Å². The molecule has 0 fully saturated rings. The summed E-state index contributed by atoms with van der Waals surface area (Å²) in [6.07, 6.45) is 0. The highest BCUT2D eigenvalue weighted by atomic mass is 16.1. The fraction of sp³-hybridized carbons (Fsp3) is 0.0455. The number of Topliss-reactive ketones (excluding diaryl/α,β-unsaturated/α-hetero) is 1. The number of benzene rings is 3. The molecule has 0 amide bonds. The summed E-state index contributed by atoms with van der Waals surface area (Å²) >= 11 is 0. The van der Waals surface area contributed by atoms with Gasteiger partial charge in [0, 0.05) is 16.7 Å². The second kappa shape index (κ2) is 6.77. The van der Waals surface area contributed by atoms with Crippen molar-refractivity contribution in [3.63, 3.8) is 0 Å². The van der Waals surface area contributed by atoms with Gasteiger partial charge in [-0.2, -0.15) is 0 Å². The summed E-state index contributed by atoms with van der Waals surface area (Å²) in [4.78, 5) is 11.3. The molecule has 0 aromatic heterocycles. The van der Waals surface area contributed by atoms with Crippen LogP contribution in [0.1, 0.15) is 28.4 Å². The van der Waals surface area contributed by atoms with Crippen molar-refractivity contribution >= 4 is 5.78 Å². The lowest BCUT2D eigenvalue weighted by molar-refractivity contribution is 0.101. The van der Waals surface area contributed by atoms with Crippen LogP contribution in [-0.2, 0) is 0 Å². The molecule has 0 bridgehead atoms. The Bertz CT molecular complexity index is 879. The predicted molar refractivity (Wildman–Crippen MR) is 94.3 cm³/mol. The van der Waals surface area contributed by atoms with E-state index in [0.29, 0.717) is 5.56 Å². The Labute approximate surface area is 136 Å². The summed E-state index contributed by atoms with van der Waals surface area (Å²) in [6, 6.07) is 25.8. The first kappa shape index (κ1) is 14.8. The summed E-state index contributed by atoms with van der Waals surface area (Å²) in [7, 11) is 0. The van der Waals surface area contributed by atoms with Gasteiger partial charge >= 0.3 is 0 Å². The van der Waals surface area contributed by atoms with Gasteiger partial charge in [-0.05, 0) is 36.2 Å². The smallest absolute Gasteiger partial charge is 0.159 e. The quantitative estimate of drug-likeness (QED) is 0.483. The van der Waals surface area contributed by atoms with Gasteiger partial charge in [0.25, 0.3) is 0 Å². The molecule has 3 aromatic carbocycles. The molecule has 3 aromatic rings. The Kier molecular flexibility index (Phi) is 4.36. The van der Waals surface area contributed by atoms with Gasteiger partial charge in [-0.25, -0.2) is 0 Å². The Morgan fingerprint density at radius 3 is 2.09 bits per heavy atom. The zero-order valence-corrected chi connectivity index (χ0v) is 12.9. The number of carbonyl (C=O) groups excluding carboxylic acids is 1. The van der Waals surface area contributed by atoms with Crippen LogP contribution in [0.2, 0.25) is 0 Å². The van der Waals surface area contributed by atoms with E-state index in [2.05, 4.69) is 30.0 Å². The first-order valence-corrected chi connectivity index (χ1v) is 7.51. The molecule has 0 spiro atoms. The van der Waals surface area contributed by atoms with Gasteiger partial charge in [0.15, 0.2) is 5.78 Å². The highest BCUT2D eigenvalue weighted by Gasteiger charge is 2.01. The molecular formula is C22H16O. The molecule has 0 N–H and O–H groups in total. The minimum Gasteiger partial charge on any atom is -0.295 e. The topological polar surface area (TPSA) is 17.1 Å². The second-order valence-electron chi connectivity index (χ2n) is 5.30. The van der Waals surface area contributed by atoms with E-state index in [9.17, 15) is 4.79 Å². The lowest BCUT2D eigenvalue weighted by Crippen LogP contribution is -1.90. The van der Waals surface area contributed by atoms with E-state index in [0.717, 1.165) is 22.3 Å². The molecule has 0 unspecified atom stereocenters. The van der Waals surface area contributed by atoms with Crippen LogP contribution in [0.3, 0.4) is 0 Å². The van der Waals surface area contributed by atoms with Crippen LogP contribution in [-0.4, -0.2) is 5.78 Å². The van der Waals surface area contributed by atoms with Gasteiger partial charge < -0.3 is 0 Å². The van der Waals surface area contributed by atoms with E-state index < -0.39 is 0 Å². The monoisotopic (exact) mass is 296 g/mol. The van der Waals surface area contributed by atoms with Crippen molar-refractivity contribution in [3.05, 3.63) is 95.6 Å². The first-order valence-electron chi connectivity index (χ1n) is 7.51. The third kappa shape index (κ3) is 3.56. The molecule has 110 valence electrons. The fourth-order valence-corrected chi connectivity index (χ4v) is 2.39. The molecular weight excluding hydrogens is 280 g/mol. The van der Waals surface area contributed by atoms with Gasteiger partial charge in [-0.3, -0.25) is 4.79 Å². The van der Waals surface area contributed by atoms with Crippen LogP contribution in [0.15, 0.2) is 78.9 Å². The number of hydrogen-bond acceptors (Lipinski definition) is 1. The van der Waals surface area contributed by atoms with Crippen molar-refractivity contribution < 1.29 is 4.79 Å². The number of rotatable bonds is 2. The van der Waals surface area contributed by atoms with Gasteiger partial charge in [0.1, 0.15) is 0 Å². The zero-order valence-electron chi connectivity index (χ0n) is 12.9. The van der Waals surface area contributed by atoms with E-state index in [1.165, 1.54) is 0 Å². The summed E-state index contributed by atoms with van der Waals surface area (Å²) < 4.78 is 0. The van der Waals surface area contributed by atoms with Crippen molar-refractivity contribution in [2.45, 2.75) is 6.92 Å². The van der Waals surface area contributed by atoms with Crippen LogP contribution < -0.4 is 0 Å². The minimum atomic E-state index is 0.0685. The first-order chi connectivity index (χ1) is 11.2. The van der Waals surface area contributed by atoms with E-state index in [1.54, 1.807) is 6.92 Å². The number of hydrogen-bond donors (Lipinski definition) is 0. The van der Waals surface area contributed by atoms with Gasteiger partial charge in [-0.1, -0.05) is 72.5 Å². The van der Waals surface area contributed by atoms with Crippen LogP contribution in [0, 0.1) is 11.8 Å². The number of ketones is 1. The van der Waals surface area contributed by atoms with Crippen LogP contribution >= 0.6 is 0 Å². The lowest BCUT2D eigenvalue weighted by atomic mass is 10.00. The van der Waals surface area contributed by atoms with Crippen molar-refractivity contribution in [2.24, 2.45) is 0 Å². The summed E-state index contributed by atoms with van der Waals surface area (Å²) in [5, 5.41) is 0. The highest BCUT2D eigenvalue weighted by Crippen LogP contribution is 2.22. The van der Waals surface area contributed by atoms with Crippen molar-refractivity contribution in [3.8, 4) is 23.0 Å². The molecule has 23 heavy (non-hydrogen) atoms. The third-order valence-electron chi connectivity index (χ3n) is 3.64.